The van der Waals surface area contributed by atoms with Gasteiger partial charge in [0.15, 0.2) is 5.96 Å². The maximum atomic E-state index is 12.9. The first-order valence-electron chi connectivity index (χ1n) is 9.77. The molecule has 0 aromatic heterocycles. The van der Waals surface area contributed by atoms with Gasteiger partial charge in [-0.15, -0.1) is 24.0 Å². The normalized spacial score (nSPS) is 17.2. The van der Waals surface area contributed by atoms with Crippen LogP contribution in [0.4, 0.5) is 13.2 Å². The molecular weight excluding hydrogens is 494 g/mol. The van der Waals surface area contributed by atoms with Crippen LogP contribution in [-0.4, -0.2) is 79.7 Å². The van der Waals surface area contributed by atoms with Crippen LogP contribution in [-0.2, 0) is 13.1 Å². The van der Waals surface area contributed by atoms with Crippen LogP contribution >= 0.6 is 24.0 Å². The molecule has 1 aliphatic heterocycles. The highest BCUT2D eigenvalue weighted by molar-refractivity contribution is 14.0. The van der Waals surface area contributed by atoms with Gasteiger partial charge in [-0.2, -0.15) is 13.2 Å². The van der Waals surface area contributed by atoms with E-state index in [4.69, 9.17) is 0 Å². The Morgan fingerprint density at radius 3 is 2.38 bits per heavy atom. The van der Waals surface area contributed by atoms with E-state index >= 15 is 0 Å². The molecule has 0 amide bonds. The van der Waals surface area contributed by atoms with Crippen molar-refractivity contribution in [3.63, 3.8) is 0 Å². The van der Waals surface area contributed by atoms with Crippen LogP contribution in [0, 0.1) is 0 Å². The van der Waals surface area contributed by atoms with Crippen molar-refractivity contribution in [2.24, 2.45) is 4.99 Å². The number of hydrogen-bond donors (Lipinski definition) is 1. The van der Waals surface area contributed by atoms with E-state index < -0.39 is 12.2 Å². The topological polar surface area (TPSA) is 34.1 Å². The van der Waals surface area contributed by atoms with Crippen LogP contribution in [0.25, 0.3) is 0 Å². The number of halogens is 4. The average Bonchev–Trinajstić information content (AvgIpc) is 2.68. The Bertz CT molecular complexity index is 645. The Morgan fingerprint density at radius 2 is 1.83 bits per heavy atom. The molecule has 1 atom stereocenters. The second-order valence-electron chi connectivity index (χ2n) is 7.29. The molecule has 1 N–H and O–H groups in total. The fourth-order valence-electron chi connectivity index (χ4n) is 3.30. The number of aliphatic imine (C=N–C) groups is 1. The molecule has 0 bridgehead atoms. The highest BCUT2D eigenvalue weighted by Gasteiger charge is 2.41. The molecule has 1 aromatic rings. The van der Waals surface area contributed by atoms with Crippen LogP contribution < -0.4 is 5.32 Å². The van der Waals surface area contributed by atoms with Gasteiger partial charge >= 0.3 is 6.18 Å². The van der Waals surface area contributed by atoms with Gasteiger partial charge in [-0.3, -0.25) is 9.89 Å². The fraction of sp³-hybridized carbons (Fsp3) is 0.650. The first kappa shape index (κ1) is 26.0. The molecule has 1 heterocycles. The van der Waals surface area contributed by atoms with Gasteiger partial charge in [0.25, 0.3) is 0 Å². The molecule has 0 spiro atoms. The third kappa shape index (κ3) is 7.93. The SMILES string of the molecule is CCN(C)Cc1cccc(CNC(=NC)N2CCN(C(C)C(F)(F)F)CC2)c1.I. The number of alkyl halides is 3. The van der Waals surface area contributed by atoms with Gasteiger partial charge in [-0.05, 0) is 31.6 Å². The van der Waals surface area contributed by atoms with Crippen molar-refractivity contribution in [2.75, 3.05) is 46.8 Å². The average molecular weight is 527 g/mol. The standard InChI is InChI=1S/C20H32F3N5.HI/c1-5-26(4)15-18-8-6-7-17(13-18)14-25-19(24-3)28-11-9-27(10-12-28)16(2)20(21,22)23;/h6-8,13,16H,5,9-12,14-15H2,1-4H3,(H,24,25);1H. The molecule has 1 unspecified atom stereocenters. The maximum Gasteiger partial charge on any atom is 0.403 e. The Labute approximate surface area is 189 Å². The number of nitrogens with zero attached hydrogens (tertiary/aromatic N) is 4. The summed E-state index contributed by atoms with van der Waals surface area (Å²) < 4.78 is 38.7. The molecule has 0 saturated carbocycles. The number of hydrogen-bond acceptors (Lipinski definition) is 3. The first-order valence-corrected chi connectivity index (χ1v) is 9.77. The van der Waals surface area contributed by atoms with Crippen LogP contribution in [0.1, 0.15) is 25.0 Å². The fourth-order valence-corrected chi connectivity index (χ4v) is 3.30. The second kappa shape index (κ2) is 11.9. The predicted molar refractivity (Wildman–Crippen MR) is 123 cm³/mol. The highest BCUT2D eigenvalue weighted by Crippen LogP contribution is 2.25. The van der Waals surface area contributed by atoms with Crippen LogP contribution in [0.3, 0.4) is 0 Å². The van der Waals surface area contributed by atoms with Gasteiger partial charge < -0.3 is 15.1 Å². The molecule has 1 fully saturated rings. The molecule has 1 aromatic carbocycles. The summed E-state index contributed by atoms with van der Waals surface area (Å²) in [5.41, 5.74) is 2.42. The van der Waals surface area contributed by atoms with E-state index in [9.17, 15) is 13.2 Å². The van der Waals surface area contributed by atoms with Crippen molar-refractivity contribution in [2.45, 2.75) is 39.2 Å². The summed E-state index contributed by atoms with van der Waals surface area (Å²) in [4.78, 5) is 10.1. The number of benzene rings is 1. The summed E-state index contributed by atoms with van der Waals surface area (Å²) in [5.74, 6) is 0.732. The van der Waals surface area contributed by atoms with Crippen molar-refractivity contribution in [3.8, 4) is 0 Å². The zero-order valence-electron chi connectivity index (χ0n) is 17.7. The number of guanidine groups is 1. The Kier molecular flexibility index (Phi) is 10.7. The number of rotatable bonds is 6. The lowest BCUT2D eigenvalue weighted by Gasteiger charge is -2.39. The maximum absolute atomic E-state index is 12.9. The molecule has 166 valence electrons. The molecule has 29 heavy (non-hydrogen) atoms. The Hall–Kier alpha value is -1.07. The van der Waals surface area contributed by atoms with Gasteiger partial charge in [-0.25, -0.2) is 0 Å². The van der Waals surface area contributed by atoms with Gasteiger partial charge in [0.05, 0.1) is 0 Å². The zero-order valence-corrected chi connectivity index (χ0v) is 20.0. The van der Waals surface area contributed by atoms with E-state index in [1.807, 2.05) is 4.90 Å². The van der Waals surface area contributed by atoms with Gasteiger partial charge in [0.1, 0.15) is 6.04 Å². The summed E-state index contributed by atoms with van der Waals surface area (Å²) in [5, 5.41) is 3.35. The predicted octanol–water partition coefficient (Wildman–Crippen LogP) is 3.40. The minimum atomic E-state index is -4.18. The molecule has 0 radical (unpaired) electrons. The summed E-state index contributed by atoms with van der Waals surface area (Å²) in [6.07, 6.45) is -4.18. The largest absolute Gasteiger partial charge is 0.403 e. The molecule has 9 heteroatoms. The minimum Gasteiger partial charge on any atom is -0.352 e. The summed E-state index contributed by atoms with van der Waals surface area (Å²) in [7, 11) is 3.80. The van der Waals surface area contributed by atoms with Gasteiger partial charge in [0, 0.05) is 46.3 Å². The summed E-state index contributed by atoms with van der Waals surface area (Å²) >= 11 is 0. The molecular formula is C20H33F3IN5. The van der Waals surface area contributed by atoms with Crippen molar-refractivity contribution in [1.29, 1.82) is 0 Å². The van der Waals surface area contributed by atoms with E-state index in [0.29, 0.717) is 32.7 Å². The quantitative estimate of drug-likeness (QED) is 0.350. The second-order valence-corrected chi connectivity index (χ2v) is 7.29. The van der Waals surface area contributed by atoms with Crippen LogP contribution in [0.5, 0.6) is 0 Å². The minimum absolute atomic E-state index is 0. The van der Waals surface area contributed by atoms with Crippen LogP contribution in [0.15, 0.2) is 29.3 Å². The van der Waals surface area contributed by atoms with E-state index in [1.54, 1.807) is 7.05 Å². The lowest BCUT2D eigenvalue weighted by molar-refractivity contribution is -0.181. The third-order valence-electron chi connectivity index (χ3n) is 5.28. The third-order valence-corrected chi connectivity index (χ3v) is 5.28. The smallest absolute Gasteiger partial charge is 0.352 e. The van der Waals surface area contributed by atoms with E-state index in [0.717, 1.165) is 24.6 Å². The van der Waals surface area contributed by atoms with E-state index in [1.165, 1.54) is 17.4 Å². The zero-order chi connectivity index (χ0) is 20.7. The molecule has 2 rings (SSSR count). The first-order chi connectivity index (χ1) is 13.2. The van der Waals surface area contributed by atoms with Crippen molar-refractivity contribution in [1.82, 2.24) is 20.0 Å². The Morgan fingerprint density at radius 1 is 1.21 bits per heavy atom. The van der Waals surface area contributed by atoms with Crippen LogP contribution in [0.2, 0.25) is 0 Å². The molecule has 0 aliphatic carbocycles. The van der Waals surface area contributed by atoms with Gasteiger partial charge in [-0.1, -0.05) is 31.2 Å². The number of piperazine rings is 1. The molecule has 5 nitrogen and oxygen atoms in total. The van der Waals surface area contributed by atoms with Crippen molar-refractivity contribution in [3.05, 3.63) is 35.4 Å². The van der Waals surface area contributed by atoms with Crippen molar-refractivity contribution < 1.29 is 13.2 Å². The monoisotopic (exact) mass is 527 g/mol. The molecule has 1 saturated heterocycles. The lowest BCUT2D eigenvalue weighted by atomic mass is 10.1. The molecule has 1 aliphatic rings. The number of nitrogens with one attached hydrogen (secondary N) is 1. The Balaban J connectivity index is 0.00000420. The van der Waals surface area contributed by atoms with Gasteiger partial charge in [0.2, 0.25) is 0 Å². The van der Waals surface area contributed by atoms with E-state index in [2.05, 4.69) is 53.4 Å². The lowest BCUT2D eigenvalue weighted by Crippen LogP contribution is -2.56. The van der Waals surface area contributed by atoms with E-state index in [-0.39, 0.29) is 24.0 Å². The highest BCUT2D eigenvalue weighted by atomic mass is 127. The summed E-state index contributed by atoms with van der Waals surface area (Å²) in [6.45, 7) is 7.70. The van der Waals surface area contributed by atoms with Crippen molar-refractivity contribution >= 4 is 29.9 Å². The summed E-state index contributed by atoms with van der Waals surface area (Å²) in [6, 6.07) is 7.00.